The fraction of sp³-hybridized carbons (Fsp3) is 0.0952. The van der Waals surface area contributed by atoms with Crippen molar-refractivity contribution in [3.05, 3.63) is 80.8 Å². The zero-order chi connectivity index (χ0) is 20.5. The van der Waals surface area contributed by atoms with Crippen molar-refractivity contribution in [1.29, 1.82) is 0 Å². The van der Waals surface area contributed by atoms with Crippen LogP contribution in [0.1, 0.15) is 0 Å². The van der Waals surface area contributed by atoms with E-state index >= 15 is 0 Å². The normalized spacial score (nSPS) is 10.9. The van der Waals surface area contributed by atoms with E-state index in [0.29, 0.717) is 27.2 Å². The highest BCUT2D eigenvalue weighted by atomic mass is 32.1. The first-order valence-electron chi connectivity index (χ1n) is 8.76. The van der Waals surface area contributed by atoms with Gasteiger partial charge in [-0.15, -0.1) is 11.3 Å². The Bertz CT molecular complexity index is 1320. The summed E-state index contributed by atoms with van der Waals surface area (Å²) in [5.41, 5.74) is 6.23. The number of hydrogen-bond acceptors (Lipinski definition) is 5. The van der Waals surface area contributed by atoms with Crippen molar-refractivity contribution in [3.8, 4) is 22.6 Å². The molecule has 1 amide bonds. The molecule has 0 unspecified atom stereocenters. The Balaban J connectivity index is 2.07. The van der Waals surface area contributed by atoms with E-state index in [-0.39, 0.29) is 6.54 Å². The Hall–Kier alpha value is -3.65. The second-order valence-electron chi connectivity index (χ2n) is 6.37. The Labute approximate surface area is 169 Å². The summed E-state index contributed by atoms with van der Waals surface area (Å²) in [5.74, 6) is 0.0340. The van der Waals surface area contributed by atoms with Crippen molar-refractivity contribution < 1.29 is 9.53 Å². The van der Waals surface area contributed by atoms with Gasteiger partial charge in [0.2, 0.25) is 5.91 Å². The summed E-state index contributed by atoms with van der Waals surface area (Å²) in [7, 11) is 1.58. The highest BCUT2D eigenvalue weighted by Gasteiger charge is 2.20. The number of aromatic nitrogens is 2. The standard InChI is InChI=1S/C21H17N3O4S/c1-28-15-9-7-13(8-10-15)16-12-29-20-18(16)19(26)24(14-5-3-2-4-6-14)21(27)23(20)11-17(22)25/h2-10,12H,11H2,1H3,(H2,22,25). The molecule has 7 nitrogen and oxygen atoms in total. The molecule has 0 atom stereocenters. The molecule has 0 aliphatic rings. The van der Waals surface area contributed by atoms with Crippen LogP contribution in [0, 0.1) is 0 Å². The molecule has 0 spiro atoms. The molecular weight excluding hydrogens is 390 g/mol. The van der Waals surface area contributed by atoms with Crippen molar-refractivity contribution >= 4 is 27.5 Å². The minimum Gasteiger partial charge on any atom is -0.497 e. The van der Waals surface area contributed by atoms with E-state index in [1.54, 1.807) is 55.0 Å². The van der Waals surface area contributed by atoms with Gasteiger partial charge in [-0.2, -0.15) is 0 Å². The largest absolute Gasteiger partial charge is 0.497 e. The van der Waals surface area contributed by atoms with E-state index in [2.05, 4.69) is 0 Å². The zero-order valence-corrected chi connectivity index (χ0v) is 16.3. The van der Waals surface area contributed by atoms with Crippen molar-refractivity contribution in [1.82, 2.24) is 9.13 Å². The lowest BCUT2D eigenvalue weighted by atomic mass is 10.1. The van der Waals surface area contributed by atoms with Gasteiger partial charge in [0.1, 0.15) is 17.1 Å². The van der Waals surface area contributed by atoms with Gasteiger partial charge in [-0.25, -0.2) is 9.36 Å². The molecule has 0 bridgehead atoms. The quantitative estimate of drug-likeness (QED) is 0.549. The molecule has 2 aromatic heterocycles. The lowest BCUT2D eigenvalue weighted by Crippen LogP contribution is -2.40. The van der Waals surface area contributed by atoms with Crippen molar-refractivity contribution in [3.63, 3.8) is 0 Å². The number of thiophene rings is 1. The number of rotatable bonds is 5. The van der Waals surface area contributed by atoms with Gasteiger partial charge >= 0.3 is 5.69 Å². The van der Waals surface area contributed by atoms with Crippen LogP contribution in [0.4, 0.5) is 0 Å². The predicted octanol–water partition coefficient (Wildman–Crippen LogP) is 2.37. The molecule has 0 aliphatic carbocycles. The van der Waals surface area contributed by atoms with E-state index in [1.807, 2.05) is 12.1 Å². The number of primary amides is 1. The van der Waals surface area contributed by atoms with Crippen LogP contribution in [0.5, 0.6) is 5.75 Å². The maximum atomic E-state index is 13.4. The molecule has 4 rings (SSSR count). The smallest absolute Gasteiger partial charge is 0.337 e. The summed E-state index contributed by atoms with van der Waals surface area (Å²) in [6.45, 7) is -0.314. The first-order chi connectivity index (χ1) is 14.0. The van der Waals surface area contributed by atoms with E-state index in [4.69, 9.17) is 10.5 Å². The van der Waals surface area contributed by atoms with E-state index < -0.39 is 17.2 Å². The van der Waals surface area contributed by atoms with Gasteiger partial charge in [-0.1, -0.05) is 30.3 Å². The second kappa shape index (κ2) is 7.40. The molecule has 0 saturated carbocycles. The van der Waals surface area contributed by atoms with Gasteiger partial charge in [0.05, 0.1) is 18.2 Å². The van der Waals surface area contributed by atoms with Crippen molar-refractivity contribution in [2.45, 2.75) is 6.54 Å². The number of nitrogens with two attached hydrogens (primary N) is 1. The van der Waals surface area contributed by atoms with Crippen LogP contribution in [0.15, 0.2) is 69.6 Å². The Kier molecular flexibility index (Phi) is 4.77. The summed E-state index contributed by atoms with van der Waals surface area (Å²) in [6, 6.07) is 15.9. The Morgan fingerprint density at radius 3 is 2.38 bits per heavy atom. The number of carbonyl (C=O) groups excluding carboxylic acids is 1. The SMILES string of the molecule is COc1ccc(-c2csc3c2c(=O)n(-c2ccccc2)c(=O)n3CC(N)=O)cc1. The first-order valence-corrected chi connectivity index (χ1v) is 9.64. The number of ether oxygens (including phenoxy) is 1. The number of methoxy groups -OCH3 is 1. The van der Waals surface area contributed by atoms with E-state index in [9.17, 15) is 14.4 Å². The van der Waals surface area contributed by atoms with Crippen LogP contribution in [-0.4, -0.2) is 22.2 Å². The van der Waals surface area contributed by atoms with Gasteiger partial charge < -0.3 is 10.5 Å². The summed E-state index contributed by atoms with van der Waals surface area (Å²) in [5, 5.41) is 2.17. The second-order valence-corrected chi connectivity index (χ2v) is 7.23. The maximum absolute atomic E-state index is 13.4. The Morgan fingerprint density at radius 2 is 1.76 bits per heavy atom. The topological polar surface area (TPSA) is 96.3 Å². The Morgan fingerprint density at radius 1 is 1.07 bits per heavy atom. The van der Waals surface area contributed by atoms with Crippen LogP contribution >= 0.6 is 11.3 Å². The maximum Gasteiger partial charge on any atom is 0.337 e. The highest BCUT2D eigenvalue weighted by molar-refractivity contribution is 7.17. The van der Waals surface area contributed by atoms with E-state index in [1.165, 1.54) is 15.9 Å². The van der Waals surface area contributed by atoms with Gasteiger partial charge in [-0.3, -0.25) is 14.2 Å². The zero-order valence-electron chi connectivity index (χ0n) is 15.5. The van der Waals surface area contributed by atoms with Gasteiger partial charge in [-0.05, 0) is 29.8 Å². The first kappa shape index (κ1) is 18.7. The lowest BCUT2D eigenvalue weighted by molar-refractivity contribution is -0.118. The fourth-order valence-electron chi connectivity index (χ4n) is 3.24. The molecule has 4 aromatic rings. The molecule has 2 aromatic carbocycles. The number of amides is 1. The van der Waals surface area contributed by atoms with Crippen LogP contribution in [0.25, 0.3) is 27.0 Å². The third kappa shape index (κ3) is 3.23. The number of para-hydroxylation sites is 1. The monoisotopic (exact) mass is 407 g/mol. The number of nitrogens with zero attached hydrogens (tertiary/aromatic N) is 2. The molecule has 0 fully saturated rings. The van der Waals surface area contributed by atoms with E-state index in [0.717, 1.165) is 10.1 Å². The summed E-state index contributed by atoms with van der Waals surface area (Å²) in [6.07, 6.45) is 0. The van der Waals surface area contributed by atoms with Gasteiger partial charge in [0, 0.05) is 10.9 Å². The molecule has 146 valence electrons. The number of fused-ring (bicyclic) bond motifs is 1. The number of carbonyl (C=O) groups is 1. The van der Waals surface area contributed by atoms with Crippen LogP contribution < -0.4 is 21.7 Å². The molecule has 0 radical (unpaired) electrons. The minimum absolute atomic E-state index is 0.314. The molecular formula is C21H17N3O4S. The van der Waals surface area contributed by atoms with Gasteiger partial charge in [0.25, 0.3) is 5.56 Å². The molecule has 8 heteroatoms. The number of benzene rings is 2. The van der Waals surface area contributed by atoms with Crippen LogP contribution in [0.3, 0.4) is 0 Å². The fourth-order valence-corrected chi connectivity index (χ4v) is 4.31. The summed E-state index contributed by atoms with van der Waals surface area (Å²) in [4.78, 5) is 38.5. The third-order valence-corrected chi connectivity index (χ3v) is 5.59. The van der Waals surface area contributed by atoms with Gasteiger partial charge in [0.15, 0.2) is 0 Å². The van der Waals surface area contributed by atoms with Crippen molar-refractivity contribution in [2.75, 3.05) is 7.11 Å². The molecule has 2 heterocycles. The van der Waals surface area contributed by atoms with Crippen molar-refractivity contribution in [2.24, 2.45) is 5.73 Å². The predicted molar refractivity (Wildman–Crippen MR) is 113 cm³/mol. The van der Waals surface area contributed by atoms with Crippen LogP contribution in [-0.2, 0) is 11.3 Å². The van der Waals surface area contributed by atoms with Crippen LogP contribution in [0.2, 0.25) is 0 Å². The average molecular weight is 407 g/mol. The highest BCUT2D eigenvalue weighted by Crippen LogP contribution is 2.32. The molecule has 0 saturated heterocycles. The molecule has 2 N–H and O–H groups in total. The number of hydrogen-bond donors (Lipinski definition) is 1. The summed E-state index contributed by atoms with van der Waals surface area (Å²) >= 11 is 1.23. The molecule has 29 heavy (non-hydrogen) atoms. The average Bonchev–Trinajstić information content (AvgIpc) is 3.17. The third-order valence-electron chi connectivity index (χ3n) is 4.59. The summed E-state index contributed by atoms with van der Waals surface area (Å²) < 4.78 is 7.52. The minimum atomic E-state index is -0.661. The molecule has 0 aliphatic heterocycles. The lowest BCUT2D eigenvalue weighted by Gasteiger charge is -2.11.